The normalized spacial score (nSPS) is 25.1. The molecule has 0 bridgehead atoms. The second kappa shape index (κ2) is 7.62. The zero-order chi connectivity index (χ0) is 20.5. The molecule has 9 heteroatoms. The van der Waals surface area contributed by atoms with Crippen molar-refractivity contribution in [3.63, 3.8) is 0 Å². The third-order valence-electron chi connectivity index (χ3n) is 5.66. The van der Waals surface area contributed by atoms with Crippen LogP contribution in [0.1, 0.15) is 31.7 Å². The standard InChI is InChI=1S/C19H25F2N3O4/c1-3-23-9-5-8-18(17(23)25)11-19(20,21)13-22(12-18)10-14-6-4-7-15(28-2)16(14)24(26)27/h4,6-7H,3,5,8-13H2,1-2H3. The van der Waals surface area contributed by atoms with Crippen molar-refractivity contribution in [1.82, 2.24) is 9.80 Å². The Kier molecular flexibility index (Phi) is 5.56. The number of benzene rings is 1. The first-order valence-electron chi connectivity index (χ1n) is 9.41. The fourth-order valence-electron chi connectivity index (χ4n) is 4.60. The SMILES string of the molecule is CCN1CCCC2(CN(Cc3cccc(OC)c3[N+](=O)[O-])CC(F)(F)C2)C1=O. The number of amides is 1. The minimum atomic E-state index is -3.03. The first-order chi connectivity index (χ1) is 13.2. The van der Waals surface area contributed by atoms with Crippen LogP contribution in [-0.2, 0) is 11.3 Å². The average molecular weight is 397 g/mol. The number of nitrogens with zero attached hydrogens (tertiary/aromatic N) is 3. The van der Waals surface area contributed by atoms with Gasteiger partial charge in [-0.1, -0.05) is 12.1 Å². The van der Waals surface area contributed by atoms with Gasteiger partial charge in [-0.15, -0.1) is 0 Å². The van der Waals surface area contributed by atoms with E-state index in [1.807, 2.05) is 6.92 Å². The summed E-state index contributed by atoms with van der Waals surface area (Å²) in [6.45, 7) is 2.53. The van der Waals surface area contributed by atoms with Crippen molar-refractivity contribution in [2.45, 2.75) is 38.7 Å². The Balaban J connectivity index is 1.91. The van der Waals surface area contributed by atoms with E-state index in [2.05, 4.69) is 0 Å². The fourth-order valence-corrected chi connectivity index (χ4v) is 4.60. The quantitative estimate of drug-likeness (QED) is 0.564. The van der Waals surface area contributed by atoms with Crippen LogP contribution in [-0.4, -0.2) is 59.8 Å². The summed E-state index contributed by atoms with van der Waals surface area (Å²) in [6, 6.07) is 4.61. The van der Waals surface area contributed by atoms with E-state index in [0.717, 1.165) is 0 Å². The van der Waals surface area contributed by atoms with E-state index in [-0.39, 0.29) is 30.4 Å². The molecule has 154 valence electrons. The number of hydrogen-bond donors (Lipinski definition) is 0. The highest BCUT2D eigenvalue weighted by Gasteiger charge is 2.55. The number of nitro groups is 1. The number of hydrogen-bond acceptors (Lipinski definition) is 5. The Morgan fingerprint density at radius 1 is 1.32 bits per heavy atom. The van der Waals surface area contributed by atoms with Gasteiger partial charge in [-0.05, 0) is 25.8 Å². The van der Waals surface area contributed by atoms with Crippen LogP contribution in [0, 0.1) is 15.5 Å². The maximum atomic E-state index is 14.6. The molecule has 1 amide bonds. The van der Waals surface area contributed by atoms with Crippen LogP contribution in [0.4, 0.5) is 14.5 Å². The summed E-state index contributed by atoms with van der Waals surface area (Å²) in [6.07, 6.45) is 0.628. The molecule has 2 heterocycles. The molecule has 1 aromatic carbocycles. The molecule has 7 nitrogen and oxygen atoms in total. The van der Waals surface area contributed by atoms with Crippen LogP contribution < -0.4 is 4.74 Å². The van der Waals surface area contributed by atoms with Crippen molar-refractivity contribution in [3.05, 3.63) is 33.9 Å². The molecule has 1 atom stereocenters. The summed E-state index contributed by atoms with van der Waals surface area (Å²) in [5, 5.41) is 11.5. The molecule has 2 saturated heterocycles. The van der Waals surface area contributed by atoms with E-state index in [1.54, 1.807) is 17.0 Å². The molecular formula is C19H25F2N3O4. The molecule has 2 aliphatic heterocycles. The molecule has 28 heavy (non-hydrogen) atoms. The highest BCUT2D eigenvalue weighted by molar-refractivity contribution is 5.84. The number of ether oxygens (including phenoxy) is 1. The summed E-state index contributed by atoms with van der Waals surface area (Å²) in [4.78, 5) is 27.0. The van der Waals surface area contributed by atoms with Gasteiger partial charge in [-0.3, -0.25) is 19.8 Å². The minimum Gasteiger partial charge on any atom is -0.490 e. The van der Waals surface area contributed by atoms with Gasteiger partial charge in [0.1, 0.15) is 0 Å². The number of para-hydroxylation sites is 1. The Labute approximate surface area is 162 Å². The van der Waals surface area contributed by atoms with Gasteiger partial charge in [-0.2, -0.15) is 0 Å². The summed E-state index contributed by atoms with van der Waals surface area (Å²) in [5.74, 6) is -3.17. The predicted octanol–water partition coefficient (Wildman–Crippen LogP) is 3.07. The van der Waals surface area contributed by atoms with Crippen LogP contribution in [0.15, 0.2) is 18.2 Å². The van der Waals surface area contributed by atoms with Gasteiger partial charge in [0.2, 0.25) is 5.91 Å². The van der Waals surface area contributed by atoms with Gasteiger partial charge in [0, 0.05) is 38.2 Å². The molecule has 0 N–H and O–H groups in total. The molecule has 0 aliphatic carbocycles. The second-order valence-electron chi connectivity index (χ2n) is 7.67. The number of likely N-dealkylation sites (tertiary alicyclic amines) is 2. The third kappa shape index (κ3) is 3.80. The van der Waals surface area contributed by atoms with Crippen LogP contribution in [0.3, 0.4) is 0 Å². The maximum absolute atomic E-state index is 14.6. The van der Waals surface area contributed by atoms with Crippen LogP contribution in [0.5, 0.6) is 5.75 Å². The number of nitro benzene ring substituents is 1. The lowest BCUT2D eigenvalue weighted by Gasteiger charge is -2.49. The second-order valence-corrected chi connectivity index (χ2v) is 7.67. The van der Waals surface area contributed by atoms with E-state index in [0.29, 0.717) is 31.5 Å². The van der Waals surface area contributed by atoms with E-state index in [9.17, 15) is 23.7 Å². The third-order valence-corrected chi connectivity index (χ3v) is 5.66. The number of carbonyl (C=O) groups excluding carboxylic acids is 1. The van der Waals surface area contributed by atoms with Gasteiger partial charge < -0.3 is 9.64 Å². The number of rotatable bonds is 5. The lowest BCUT2D eigenvalue weighted by molar-refractivity contribution is -0.386. The molecule has 0 aromatic heterocycles. The molecule has 1 unspecified atom stereocenters. The van der Waals surface area contributed by atoms with Crippen molar-refractivity contribution < 1.29 is 23.2 Å². The number of alkyl halides is 2. The number of methoxy groups -OCH3 is 1. The fraction of sp³-hybridized carbons (Fsp3) is 0.632. The van der Waals surface area contributed by atoms with Crippen LogP contribution >= 0.6 is 0 Å². The smallest absolute Gasteiger partial charge is 0.315 e. The monoisotopic (exact) mass is 397 g/mol. The summed E-state index contributed by atoms with van der Waals surface area (Å²) in [7, 11) is 1.33. The summed E-state index contributed by atoms with van der Waals surface area (Å²) < 4.78 is 34.3. The molecule has 3 rings (SSSR count). The Bertz CT molecular complexity index is 774. The van der Waals surface area contributed by atoms with E-state index < -0.39 is 29.2 Å². The summed E-state index contributed by atoms with van der Waals surface area (Å²) >= 11 is 0. The predicted molar refractivity (Wildman–Crippen MR) is 98.4 cm³/mol. The number of piperidine rings is 2. The average Bonchev–Trinajstić information content (AvgIpc) is 2.62. The van der Waals surface area contributed by atoms with E-state index >= 15 is 0 Å². The molecule has 0 saturated carbocycles. The zero-order valence-electron chi connectivity index (χ0n) is 16.1. The largest absolute Gasteiger partial charge is 0.490 e. The van der Waals surface area contributed by atoms with Crippen molar-refractivity contribution in [1.29, 1.82) is 0 Å². The number of carbonyl (C=O) groups is 1. The van der Waals surface area contributed by atoms with E-state index in [1.165, 1.54) is 18.1 Å². The molecule has 2 fully saturated rings. The van der Waals surface area contributed by atoms with Crippen LogP contribution in [0.25, 0.3) is 0 Å². The van der Waals surface area contributed by atoms with Crippen molar-refractivity contribution in [3.8, 4) is 5.75 Å². The molecule has 1 spiro atoms. The van der Waals surface area contributed by atoms with E-state index in [4.69, 9.17) is 4.74 Å². The first-order valence-corrected chi connectivity index (χ1v) is 9.41. The summed E-state index contributed by atoms with van der Waals surface area (Å²) in [5.41, 5.74) is -1.06. The van der Waals surface area contributed by atoms with Gasteiger partial charge in [0.15, 0.2) is 5.75 Å². The van der Waals surface area contributed by atoms with Gasteiger partial charge in [-0.25, -0.2) is 8.78 Å². The van der Waals surface area contributed by atoms with Crippen molar-refractivity contribution in [2.24, 2.45) is 5.41 Å². The van der Waals surface area contributed by atoms with Gasteiger partial charge in [0.25, 0.3) is 5.92 Å². The highest BCUT2D eigenvalue weighted by Crippen LogP contribution is 2.46. The topological polar surface area (TPSA) is 75.9 Å². The minimum absolute atomic E-state index is 0.0374. The van der Waals surface area contributed by atoms with Crippen LogP contribution in [0.2, 0.25) is 0 Å². The number of halogens is 2. The Morgan fingerprint density at radius 2 is 2.07 bits per heavy atom. The molecule has 0 radical (unpaired) electrons. The highest BCUT2D eigenvalue weighted by atomic mass is 19.3. The molecule has 2 aliphatic rings. The molecular weight excluding hydrogens is 372 g/mol. The lowest BCUT2D eigenvalue weighted by Crippen LogP contribution is -2.60. The maximum Gasteiger partial charge on any atom is 0.315 e. The zero-order valence-corrected chi connectivity index (χ0v) is 16.1. The van der Waals surface area contributed by atoms with Gasteiger partial charge >= 0.3 is 5.69 Å². The van der Waals surface area contributed by atoms with Crippen molar-refractivity contribution in [2.75, 3.05) is 33.3 Å². The lowest BCUT2D eigenvalue weighted by atomic mass is 9.71. The first kappa shape index (κ1) is 20.4. The molecule has 1 aromatic rings. The van der Waals surface area contributed by atoms with Crippen molar-refractivity contribution >= 4 is 11.6 Å². The Morgan fingerprint density at radius 3 is 2.71 bits per heavy atom. The van der Waals surface area contributed by atoms with Gasteiger partial charge in [0.05, 0.1) is 24.0 Å². The Hall–Kier alpha value is -2.29.